The maximum Gasteiger partial charge on any atom is 0.296 e. The fourth-order valence-electron chi connectivity index (χ4n) is 2.69. The van der Waals surface area contributed by atoms with E-state index in [1.807, 2.05) is 49.4 Å². The van der Waals surface area contributed by atoms with Gasteiger partial charge in [0.15, 0.2) is 0 Å². The van der Waals surface area contributed by atoms with E-state index < -0.39 is 5.56 Å². The maximum atomic E-state index is 12.7. The molecule has 2 heterocycles. The summed E-state index contributed by atoms with van der Waals surface area (Å²) in [6.45, 7) is 2.00. The van der Waals surface area contributed by atoms with Crippen molar-refractivity contribution in [1.82, 2.24) is 14.6 Å². The van der Waals surface area contributed by atoms with Gasteiger partial charge in [0, 0.05) is 11.4 Å². The van der Waals surface area contributed by atoms with E-state index in [0.29, 0.717) is 9.55 Å². The lowest BCUT2D eigenvalue weighted by Crippen LogP contribution is -2.28. The Morgan fingerprint density at radius 1 is 1.11 bits per heavy atom. The minimum Gasteiger partial charge on any atom is -0.266 e. The molecule has 7 heteroatoms. The fraction of sp³-hybridized carbons (Fsp3) is 0.100. The van der Waals surface area contributed by atoms with Gasteiger partial charge in [-0.05, 0) is 30.2 Å². The van der Waals surface area contributed by atoms with Gasteiger partial charge < -0.3 is 0 Å². The van der Waals surface area contributed by atoms with E-state index >= 15 is 0 Å². The number of hydrogen-bond acceptors (Lipinski definition) is 5. The highest BCUT2D eigenvalue weighted by Crippen LogP contribution is 2.16. The Balaban J connectivity index is 1.82. The summed E-state index contributed by atoms with van der Waals surface area (Å²) in [5.74, 6) is 0. The van der Waals surface area contributed by atoms with Crippen molar-refractivity contribution in [3.05, 3.63) is 101 Å². The first-order chi connectivity index (χ1) is 13.0. The van der Waals surface area contributed by atoms with E-state index in [9.17, 15) is 9.59 Å². The van der Waals surface area contributed by atoms with E-state index in [0.717, 1.165) is 28.0 Å². The highest BCUT2D eigenvalue weighted by molar-refractivity contribution is 7.15. The molecule has 2 aromatic carbocycles. The van der Waals surface area contributed by atoms with Gasteiger partial charge in [-0.25, -0.2) is 0 Å². The lowest BCUT2D eigenvalue weighted by atomic mass is 10.1. The summed E-state index contributed by atoms with van der Waals surface area (Å²) in [6, 6.07) is 15.0. The lowest BCUT2D eigenvalue weighted by molar-refractivity contribution is 0.811. The summed E-state index contributed by atoms with van der Waals surface area (Å²) in [6.07, 6.45) is 2.00. The first kappa shape index (κ1) is 17.6. The number of benzene rings is 2. The number of aromatic nitrogens is 3. The Bertz CT molecular complexity index is 1310. The predicted molar refractivity (Wildman–Crippen MR) is 108 cm³/mol. The molecule has 4 aromatic rings. The highest BCUT2D eigenvalue weighted by Gasteiger charge is 2.12. The van der Waals surface area contributed by atoms with Crippen LogP contribution < -0.4 is 15.7 Å². The molecule has 0 N–H and O–H groups in total. The van der Waals surface area contributed by atoms with Gasteiger partial charge in [0.25, 0.3) is 11.1 Å². The average molecular weight is 396 g/mol. The van der Waals surface area contributed by atoms with Crippen LogP contribution in [-0.4, -0.2) is 14.6 Å². The topological polar surface area (TPSA) is 64.3 Å². The van der Waals surface area contributed by atoms with Crippen LogP contribution in [0.4, 0.5) is 0 Å². The number of aryl methyl sites for hydroxylation is 1. The Labute approximate surface area is 163 Å². The molecule has 0 spiro atoms. The van der Waals surface area contributed by atoms with Gasteiger partial charge >= 0.3 is 0 Å². The first-order valence-electron chi connectivity index (χ1n) is 8.26. The van der Waals surface area contributed by atoms with Gasteiger partial charge in [-0.1, -0.05) is 71.0 Å². The van der Waals surface area contributed by atoms with Crippen molar-refractivity contribution in [3.8, 4) is 0 Å². The molecule has 0 atom stereocenters. The molecule has 0 amide bonds. The van der Waals surface area contributed by atoms with Crippen LogP contribution in [-0.2, 0) is 6.42 Å². The number of thiazole rings is 1. The zero-order valence-electron chi connectivity index (χ0n) is 14.3. The van der Waals surface area contributed by atoms with E-state index in [4.69, 9.17) is 11.6 Å². The number of fused-ring (bicyclic) bond motifs is 1. The zero-order valence-corrected chi connectivity index (χ0v) is 15.9. The van der Waals surface area contributed by atoms with Crippen molar-refractivity contribution in [1.29, 1.82) is 0 Å². The third kappa shape index (κ3) is 3.54. The van der Waals surface area contributed by atoms with Crippen LogP contribution in [0.5, 0.6) is 0 Å². The Hall–Kier alpha value is -2.83. The molecule has 0 radical (unpaired) electrons. The van der Waals surface area contributed by atoms with Crippen LogP contribution in [0, 0.1) is 6.92 Å². The minimum atomic E-state index is -0.446. The van der Waals surface area contributed by atoms with Gasteiger partial charge in [0.1, 0.15) is 5.69 Å². The summed E-state index contributed by atoms with van der Waals surface area (Å²) in [4.78, 5) is 29.3. The van der Waals surface area contributed by atoms with Gasteiger partial charge in [0.05, 0.1) is 4.53 Å². The van der Waals surface area contributed by atoms with Crippen LogP contribution in [0.2, 0.25) is 5.02 Å². The van der Waals surface area contributed by atoms with Crippen molar-refractivity contribution in [2.24, 2.45) is 0 Å². The monoisotopic (exact) mass is 395 g/mol. The molecule has 2 aromatic heterocycles. The second-order valence-electron chi connectivity index (χ2n) is 6.15. The van der Waals surface area contributed by atoms with Crippen LogP contribution in [0.25, 0.3) is 11.0 Å². The number of hydrogen-bond donors (Lipinski definition) is 0. The van der Waals surface area contributed by atoms with E-state index in [1.165, 1.54) is 4.52 Å². The quantitative estimate of drug-likeness (QED) is 0.535. The van der Waals surface area contributed by atoms with Crippen molar-refractivity contribution >= 4 is 34.0 Å². The van der Waals surface area contributed by atoms with Crippen molar-refractivity contribution in [2.45, 2.75) is 13.3 Å². The molecule has 5 nitrogen and oxygen atoms in total. The third-order valence-electron chi connectivity index (χ3n) is 4.14. The first-order valence-corrected chi connectivity index (χ1v) is 9.45. The molecule has 0 unspecified atom stereocenters. The minimum absolute atomic E-state index is 0.192. The molecule has 0 bridgehead atoms. The van der Waals surface area contributed by atoms with Crippen LogP contribution in [0.1, 0.15) is 22.4 Å². The van der Waals surface area contributed by atoms with Crippen LogP contribution >= 0.6 is 22.9 Å². The van der Waals surface area contributed by atoms with Crippen molar-refractivity contribution in [2.75, 3.05) is 0 Å². The normalized spacial score (nSPS) is 12.0. The molecular weight excluding hydrogens is 382 g/mol. The third-order valence-corrected chi connectivity index (χ3v) is 5.47. The molecule has 0 fully saturated rings. The van der Waals surface area contributed by atoms with Gasteiger partial charge in [-0.3, -0.25) is 9.59 Å². The molecule has 4 rings (SSSR count). The molecule has 0 saturated heterocycles. The maximum absolute atomic E-state index is 12.7. The summed E-state index contributed by atoms with van der Waals surface area (Å²) in [7, 11) is 0. The smallest absolute Gasteiger partial charge is 0.266 e. The lowest BCUT2D eigenvalue weighted by Gasteiger charge is -2.02. The number of halogens is 1. The Morgan fingerprint density at radius 2 is 1.85 bits per heavy atom. The van der Waals surface area contributed by atoms with Gasteiger partial charge in [-0.2, -0.15) is 14.6 Å². The molecule has 0 aliphatic carbocycles. The van der Waals surface area contributed by atoms with Crippen LogP contribution in [0.15, 0.2) is 58.1 Å². The van der Waals surface area contributed by atoms with Crippen LogP contribution in [0.3, 0.4) is 0 Å². The summed E-state index contributed by atoms with van der Waals surface area (Å²) in [5, 5.41) is 4.79. The summed E-state index contributed by atoms with van der Waals surface area (Å²) >= 11 is 7.31. The van der Waals surface area contributed by atoms with Crippen molar-refractivity contribution in [3.63, 3.8) is 0 Å². The average Bonchev–Trinajstić information content (AvgIpc) is 2.94. The molecule has 27 heavy (non-hydrogen) atoms. The Kier molecular flexibility index (Phi) is 4.59. The molecule has 0 aliphatic heterocycles. The van der Waals surface area contributed by atoms with Gasteiger partial charge in [-0.15, -0.1) is 0 Å². The Morgan fingerprint density at radius 3 is 2.59 bits per heavy atom. The fourth-order valence-corrected chi connectivity index (χ4v) is 3.79. The summed E-state index contributed by atoms with van der Waals surface area (Å²) < 4.78 is 1.67. The molecule has 0 saturated carbocycles. The summed E-state index contributed by atoms with van der Waals surface area (Å²) in [5.41, 5.74) is 2.27. The van der Waals surface area contributed by atoms with E-state index in [1.54, 1.807) is 12.1 Å². The highest BCUT2D eigenvalue weighted by atomic mass is 35.5. The SMILES string of the molecule is Cc1ccc(C=c2sc3nc(=O)c(Cc4ccccc4Cl)nn3c2=O)cc1. The van der Waals surface area contributed by atoms with E-state index in [-0.39, 0.29) is 22.6 Å². The molecule has 134 valence electrons. The number of rotatable bonds is 3. The van der Waals surface area contributed by atoms with E-state index in [2.05, 4.69) is 10.1 Å². The standard InChI is InChI=1S/C20H14ClN3O2S/c1-12-6-8-13(9-7-12)10-17-19(26)24-20(27-17)22-18(25)16(23-24)11-14-4-2-3-5-15(14)21/h2-10H,11H2,1H3. The zero-order chi connectivity index (χ0) is 19.0. The number of nitrogens with zero attached hydrogens (tertiary/aromatic N) is 3. The predicted octanol–water partition coefficient (Wildman–Crippen LogP) is 2.61. The largest absolute Gasteiger partial charge is 0.296 e. The van der Waals surface area contributed by atoms with Crippen molar-refractivity contribution < 1.29 is 0 Å². The van der Waals surface area contributed by atoms with Gasteiger partial charge in [0.2, 0.25) is 4.96 Å². The molecule has 0 aliphatic rings. The molecular formula is C20H14ClN3O2S. The second-order valence-corrected chi connectivity index (χ2v) is 7.57. The second kappa shape index (κ2) is 7.06.